The van der Waals surface area contributed by atoms with E-state index < -0.39 is 0 Å². The van der Waals surface area contributed by atoms with Crippen molar-refractivity contribution in [2.75, 3.05) is 40.4 Å². The molecule has 5 rings (SSSR count). The van der Waals surface area contributed by atoms with Crippen LogP contribution in [0.25, 0.3) is 0 Å². The summed E-state index contributed by atoms with van der Waals surface area (Å²) in [6, 6.07) is 0.570. The monoisotopic (exact) mass is 557 g/mol. The molecule has 2 amide bonds. The first-order valence-corrected chi connectivity index (χ1v) is 15.4. The van der Waals surface area contributed by atoms with Crippen LogP contribution in [-0.2, 0) is 19.1 Å². The van der Waals surface area contributed by atoms with Crippen LogP contribution in [-0.4, -0.2) is 97.7 Å². The lowest BCUT2D eigenvalue weighted by molar-refractivity contribution is -0.137. The van der Waals surface area contributed by atoms with Crippen LogP contribution in [0.5, 0.6) is 0 Å². The number of hydrogen-bond donors (Lipinski definition) is 4. The molecule has 0 aromatic rings. The van der Waals surface area contributed by atoms with E-state index >= 15 is 0 Å². The molecule has 0 radical (unpaired) electrons. The first-order valence-electron chi connectivity index (χ1n) is 14.0. The SMILES string of the molecule is COC1CCCC(C(=O)N2CC3NC(NC(=O)C4CNC(C)CC4C4CC(Cl)NCC4OC)SC3C2)C1. The highest BCUT2D eigenvalue weighted by Crippen LogP contribution is 2.39. The van der Waals surface area contributed by atoms with Crippen LogP contribution in [0.4, 0.5) is 0 Å². The van der Waals surface area contributed by atoms with Gasteiger partial charge < -0.3 is 25.0 Å². The molecule has 9 nitrogen and oxygen atoms in total. The summed E-state index contributed by atoms with van der Waals surface area (Å²) in [6.07, 6.45) is 5.91. The van der Waals surface area contributed by atoms with Crippen molar-refractivity contribution >= 4 is 35.2 Å². The van der Waals surface area contributed by atoms with E-state index in [0.29, 0.717) is 30.9 Å². The molecular formula is C26H44ClN5O4S. The van der Waals surface area contributed by atoms with Crippen molar-refractivity contribution < 1.29 is 19.1 Å². The number of alkyl halides is 1. The van der Waals surface area contributed by atoms with E-state index in [1.54, 1.807) is 26.0 Å². The largest absolute Gasteiger partial charge is 0.381 e. The van der Waals surface area contributed by atoms with Gasteiger partial charge in [-0.25, -0.2) is 0 Å². The third kappa shape index (κ3) is 6.26. The Morgan fingerprint density at radius 2 is 1.86 bits per heavy atom. The predicted octanol–water partition coefficient (Wildman–Crippen LogP) is 1.31. The summed E-state index contributed by atoms with van der Waals surface area (Å²) >= 11 is 8.23. The normalized spacial score (nSPS) is 44.4. The number of carbonyl (C=O) groups is 2. The quantitative estimate of drug-likeness (QED) is 0.286. The molecule has 4 heterocycles. The van der Waals surface area contributed by atoms with Gasteiger partial charge in [0.05, 0.1) is 23.6 Å². The lowest BCUT2D eigenvalue weighted by Gasteiger charge is -2.45. The average Bonchev–Trinajstić information content (AvgIpc) is 3.47. The summed E-state index contributed by atoms with van der Waals surface area (Å²) in [5.74, 6) is 0.785. The van der Waals surface area contributed by atoms with E-state index in [1.807, 2.05) is 4.90 Å². The first kappa shape index (κ1) is 27.9. The number of rotatable bonds is 6. The molecule has 4 saturated heterocycles. The molecule has 0 bridgehead atoms. The standard InChI is InChI=1S/C26H44ClN5O4S/c1-14-7-17(18-9-23(27)29-11-21(18)36-3)19(10-28-14)24(33)31-26-30-20-12-32(13-22(20)37-26)25(34)15-5-4-6-16(8-15)35-2/h14-23,26,28-30H,4-13H2,1-3H3,(H,31,33). The maximum atomic E-state index is 13.6. The zero-order valence-electron chi connectivity index (χ0n) is 22.3. The molecule has 11 heteroatoms. The topological polar surface area (TPSA) is 104 Å². The Morgan fingerprint density at radius 3 is 2.62 bits per heavy atom. The van der Waals surface area contributed by atoms with Gasteiger partial charge in [0.1, 0.15) is 5.50 Å². The van der Waals surface area contributed by atoms with Gasteiger partial charge in [-0.3, -0.25) is 20.2 Å². The zero-order chi connectivity index (χ0) is 26.1. The third-order valence-corrected chi connectivity index (χ3v) is 11.0. The van der Waals surface area contributed by atoms with Crippen molar-refractivity contribution in [3.8, 4) is 0 Å². The van der Waals surface area contributed by atoms with E-state index in [0.717, 1.165) is 45.1 Å². The molecule has 11 unspecified atom stereocenters. The Labute approximate surface area is 230 Å². The summed E-state index contributed by atoms with van der Waals surface area (Å²) in [6.45, 7) is 5.03. The van der Waals surface area contributed by atoms with Crippen LogP contribution >= 0.6 is 23.4 Å². The van der Waals surface area contributed by atoms with Crippen molar-refractivity contribution in [3.05, 3.63) is 0 Å². The van der Waals surface area contributed by atoms with E-state index in [-0.39, 0.29) is 64.7 Å². The van der Waals surface area contributed by atoms with Crippen LogP contribution in [0.2, 0.25) is 0 Å². The van der Waals surface area contributed by atoms with Crippen LogP contribution in [0.3, 0.4) is 0 Å². The van der Waals surface area contributed by atoms with Gasteiger partial charge in [0.15, 0.2) is 0 Å². The molecular weight excluding hydrogens is 514 g/mol. The highest BCUT2D eigenvalue weighted by Gasteiger charge is 2.47. The fourth-order valence-corrected chi connectivity index (χ4v) is 8.99. The van der Waals surface area contributed by atoms with Gasteiger partial charge >= 0.3 is 0 Å². The predicted molar refractivity (Wildman–Crippen MR) is 145 cm³/mol. The number of methoxy groups -OCH3 is 2. The smallest absolute Gasteiger partial charge is 0.226 e. The van der Waals surface area contributed by atoms with Gasteiger partial charge in [-0.05, 0) is 50.9 Å². The summed E-state index contributed by atoms with van der Waals surface area (Å²) in [4.78, 5) is 28.8. The highest BCUT2D eigenvalue weighted by atomic mass is 35.5. The molecule has 5 aliphatic rings. The van der Waals surface area contributed by atoms with Crippen LogP contribution in [0, 0.1) is 23.7 Å². The molecule has 5 fully saturated rings. The first-order chi connectivity index (χ1) is 17.9. The highest BCUT2D eigenvalue weighted by molar-refractivity contribution is 8.00. The van der Waals surface area contributed by atoms with E-state index in [9.17, 15) is 9.59 Å². The Kier molecular flexibility index (Phi) is 9.26. The minimum Gasteiger partial charge on any atom is -0.381 e. The van der Waals surface area contributed by atoms with E-state index in [2.05, 4.69) is 28.2 Å². The number of amides is 2. The van der Waals surface area contributed by atoms with Gasteiger partial charge in [0.2, 0.25) is 11.8 Å². The van der Waals surface area contributed by atoms with Gasteiger partial charge in [-0.1, -0.05) is 6.42 Å². The summed E-state index contributed by atoms with van der Waals surface area (Å²) in [5.41, 5.74) is -0.212. The number of thioether (sulfide) groups is 1. The number of hydrogen-bond acceptors (Lipinski definition) is 8. The molecule has 4 aliphatic heterocycles. The van der Waals surface area contributed by atoms with Gasteiger partial charge in [-0.15, -0.1) is 23.4 Å². The molecule has 0 spiro atoms. The number of likely N-dealkylation sites (tertiary alicyclic amines) is 1. The fourth-order valence-electron chi connectivity index (χ4n) is 7.29. The molecule has 11 atom stereocenters. The van der Waals surface area contributed by atoms with Crippen molar-refractivity contribution in [3.63, 3.8) is 0 Å². The van der Waals surface area contributed by atoms with Crippen LogP contribution in [0.1, 0.15) is 45.4 Å². The molecule has 4 N–H and O–H groups in total. The van der Waals surface area contributed by atoms with Crippen LogP contribution < -0.4 is 21.3 Å². The summed E-state index contributed by atoms with van der Waals surface area (Å²) in [7, 11) is 3.50. The van der Waals surface area contributed by atoms with E-state index in [1.165, 1.54) is 0 Å². The maximum absolute atomic E-state index is 13.6. The van der Waals surface area contributed by atoms with Crippen molar-refractivity contribution in [2.45, 2.75) is 86.0 Å². The summed E-state index contributed by atoms with van der Waals surface area (Å²) in [5, 5.41) is 14.0. The Hall–Kier alpha value is -0.620. The van der Waals surface area contributed by atoms with Gasteiger partial charge in [0.25, 0.3) is 0 Å². The zero-order valence-corrected chi connectivity index (χ0v) is 23.9. The number of fused-ring (bicyclic) bond motifs is 1. The molecule has 0 aromatic heterocycles. The Balaban J connectivity index is 1.15. The lowest BCUT2D eigenvalue weighted by Crippen LogP contribution is -2.57. The Morgan fingerprint density at radius 1 is 1.03 bits per heavy atom. The van der Waals surface area contributed by atoms with Gasteiger partial charge in [0, 0.05) is 63.7 Å². The third-order valence-electron chi connectivity index (χ3n) is 9.35. The number of ether oxygens (including phenoxy) is 2. The molecule has 1 saturated carbocycles. The average molecular weight is 558 g/mol. The maximum Gasteiger partial charge on any atom is 0.226 e. The molecule has 37 heavy (non-hydrogen) atoms. The lowest BCUT2D eigenvalue weighted by atomic mass is 9.70. The summed E-state index contributed by atoms with van der Waals surface area (Å²) < 4.78 is 11.3. The second kappa shape index (κ2) is 12.3. The van der Waals surface area contributed by atoms with Crippen molar-refractivity contribution in [1.29, 1.82) is 0 Å². The number of carbonyl (C=O) groups excluding carboxylic acids is 2. The number of halogens is 1. The van der Waals surface area contributed by atoms with E-state index in [4.69, 9.17) is 21.1 Å². The second-order valence-electron chi connectivity index (χ2n) is 11.7. The Bertz CT molecular complexity index is 812. The van der Waals surface area contributed by atoms with Crippen molar-refractivity contribution in [1.82, 2.24) is 26.2 Å². The number of piperidine rings is 2. The molecule has 1 aliphatic carbocycles. The van der Waals surface area contributed by atoms with Crippen LogP contribution in [0.15, 0.2) is 0 Å². The van der Waals surface area contributed by atoms with Gasteiger partial charge in [-0.2, -0.15) is 0 Å². The number of nitrogens with zero attached hydrogens (tertiary/aromatic N) is 1. The molecule has 210 valence electrons. The molecule has 0 aromatic carbocycles. The van der Waals surface area contributed by atoms with Crippen molar-refractivity contribution in [2.24, 2.45) is 23.7 Å². The second-order valence-corrected chi connectivity index (χ2v) is 13.5. The fraction of sp³-hybridized carbons (Fsp3) is 0.923. The number of nitrogens with one attached hydrogen (secondary N) is 4. The minimum absolute atomic E-state index is 0.0609. The minimum atomic E-state index is -0.126.